The molecule has 0 radical (unpaired) electrons. The van der Waals surface area contributed by atoms with Crippen molar-refractivity contribution in [3.05, 3.63) is 29.8 Å². The molecule has 0 heterocycles. The Morgan fingerprint density at radius 1 is 1.29 bits per heavy atom. The molecule has 17 heavy (non-hydrogen) atoms. The van der Waals surface area contributed by atoms with Crippen LogP contribution < -0.4 is 4.90 Å². The molecule has 90 valence electrons. The minimum atomic E-state index is 0.748. The average molecular weight is 228 g/mol. The summed E-state index contributed by atoms with van der Waals surface area (Å²) in [6.45, 7) is 1.12. The van der Waals surface area contributed by atoms with E-state index in [0.717, 1.165) is 23.7 Å². The van der Waals surface area contributed by atoms with Gasteiger partial charge in [0.2, 0.25) is 0 Å². The zero-order chi connectivity index (χ0) is 12.1. The molecule has 2 nitrogen and oxygen atoms in total. The lowest BCUT2D eigenvalue weighted by Crippen LogP contribution is -2.26. The summed E-state index contributed by atoms with van der Waals surface area (Å²) in [7, 11) is 2.13. The molecular weight excluding hydrogens is 208 g/mol. The van der Waals surface area contributed by atoms with Gasteiger partial charge in [-0.15, -0.1) is 0 Å². The van der Waals surface area contributed by atoms with E-state index in [1.165, 1.54) is 32.1 Å². The Balaban J connectivity index is 1.98. The van der Waals surface area contributed by atoms with Crippen molar-refractivity contribution < 1.29 is 0 Å². The fourth-order valence-corrected chi connectivity index (χ4v) is 2.68. The molecule has 0 amide bonds. The largest absolute Gasteiger partial charge is 0.374 e. The van der Waals surface area contributed by atoms with Crippen LogP contribution in [0.25, 0.3) is 0 Å². The summed E-state index contributed by atoms with van der Waals surface area (Å²) >= 11 is 0. The van der Waals surface area contributed by atoms with Gasteiger partial charge < -0.3 is 4.90 Å². The number of nitrogens with zero attached hydrogens (tertiary/aromatic N) is 2. The van der Waals surface area contributed by atoms with Gasteiger partial charge in [-0.2, -0.15) is 5.26 Å². The highest BCUT2D eigenvalue weighted by atomic mass is 15.1. The third kappa shape index (κ3) is 3.23. The van der Waals surface area contributed by atoms with E-state index in [0.29, 0.717) is 0 Å². The Labute approximate surface area is 104 Å². The first-order valence-electron chi connectivity index (χ1n) is 6.51. The van der Waals surface area contributed by atoms with Crippen LogP contribution in [0.2, 0.25) is 0 Å². The van der Waals surface area contributed by atoms with E-state index in [-0.39, 0.29) is 0 Å². The summed E-state index contributed by atoms with van der Waals surface area (Å²) in [6.07, 6.45) is 6.90. The number of hydrogen-bond donors (Lipinski definition) is 0. The van der Waals surface area contributed by atoms with E-state index in [1.54, 1.807) is 0 Å². The van der Waals surface area contributed by atoms with E-state index >= 15 is 0 Å². The summed E-state index contributed by atoms with van der Waals surface area (Å²) in [6, 6.07) is 10.1. The maximum Gasteiger partial charge on any atom is 0.0992 e. The number of nitriles is 1. The highest BCUT2D eigenvalue weighted by Gasteiger charge is 2.15. The van der Waals surface area contributed by atoms with Crippen molar-refractivity contribution in [3.8, 4) is 6.07 Å². The van der Waals surface area contributed by atoms with Gasteiger partial charge in [0, 0.05) is 19.3 Å². The van der Waals surface area contributed by atoms with E-state index in [2.05, 4.69) is 24.1 Å². The van der Waals surface area contributed by atoms with E-state index in [9.17, 15) is 0 Å². The van der Waals surface area contributed by atoms with Crippen molar-refractivity contribution in [2.45, 2.75) is 32.1 Å². The first-order chi connectivity index (χ1) is 8.29. The van der Waals surface area contributed by atoms with Crippen LogP contribution >= 0.6 is 0 Å². The van der Waals surface area contributed by atoms with Gasteiger partial charge >= 0.3 is 0 Å². The number of hydrogen-bond acceptors (Lipinski definition) is 2. The van der Waals surface area contributed by atoms with Crippen LogP contribution in [0, 0.1) is 17.2 Å². The minimum absolute atomic E-state index is 0.748. The topological polar surface area (TPSA) is 27.0 Å². The van der Waals surface area contributed by atoms with Gasteiger partial charge in [-0.05, 0) is 37.0 Å². The Morgan fingerprint density at radius 3 is 2.76 bits per heavy atom. The highest BCUT2D eigenvalue weighted by Crippen LogP contribution is 2.26. The van der Waals surface area contributed by atoms with Crippen molar-refractivity contribution in [1.82, 2.24) is 0 Å². The summed E-state index contributed by atoms with van der Waals surface area (Å²) in [5, 5.41) is 8.90. The normalized spacial score (nSPS) is 16.5. The SMILES string of the molecule is CN(CC1CCCCC1)c1cccc(C#N)c1. The van der Waals surface area contributed by atoms with Crippen LogP contribution in [0.15, 0.2) is 24.3 Å². The quantitative estimate of drug-likeness (QED) is 0.790. The molecule has 1 aromatic rings. The molecule has 0 spiro atoms. The van der Waals surface area contributed by atoms with Crippen molar-refractivity contribution >= 4 is 5.69 Å². The molecule has 0 saturated heterocycles. The molecule has 1 aliphatic rings. The Bertz CT molecular complexity index is 400. The zero-order valence-electron chi connectivity index (χ0n) is 10.5. The molecule has 0 N–H and O–H groups in total. The molecule has 0 unspecified atom stereocenters. The molecule has 2 rings (SSSR count). The van der Waals surface area contributed by atoms with Crippen molar-refractivity contribution in [1.29, 1.82) is 5.26 Å². The highest BCUT2D eigenvalue weighted by molar-refractivity contribution is 5.50. The fraction of sp³-hybridized carbons (Fsp3) is 0.533. The third-order valence-corrected chi connectivity index (χ3v) is 3.67. The van der Waals surface area contributed by atoms with E-state index in [4.69, 9.17) is 5.26 Å². The second-order valence-electron chi connectivity index (χ2n) is 5.05. The standard InChI is InChI=1S/C15H20N2/c1-17(12-13-6-3-2-4-7-13)15-9-5-8-14(10-15)11-16/h5,8-10,13H,2-4,6-7,12H2,1H3. The summed E-state index contributed by atoms with van der Waals surface area (Å²) in [5.41, 5.74) is 1.91. The van der Waals surface area contributed by atoms with Gasteiger partial charge in [0.25, 0.3) is 0 Å². The molecule has 1 saturated carbocycles. The number of rotatable bonds is 3. The van der Waals surface area contributed by atoms with Crippen molar-refractivity contribution in [2.24, 2.45) is 5.92 Å². The lowest BCUT2D eigenvalue weighted by atomic mass is 9.89. The molecule has 2 heteroatoms. The van der Waals surface area contributed by atoms with Gasteiger partial charge in [-0.25, -0.2) is 0 Å². The molecule has 0 atom stereocenters. The van der Waals surface area contributed by atoms with Gasteiger partial charge in [-0.3, -0.25) is 0 Å². The molecule has 1 aliphatic carbocycles. The predicted octanol–water partition coefficient (Wildman–Crippen LogP) is 3.57. The smallest absolute Gasteiger partial charge is 0.0992 e. The zero-order valence-corrected chi connectivity index (χ0v) is 10.5. The summed E-state index contributed by atoms with van der Waals surface area (Å²) in [5.74, 6) is 0.833. The van der Waals surface area contributed by atoms with Crippen LogP contribution in [0.3, 0.4) is 0 Å². The average Bonchev–Trinajstić information content (AvgIpc) is 2.40. The maximum absolute atomic E-state index is 8.90. The van der Waals surface area contributed by atoms with Crippen LogP contribution in [0.4, 0.5) is 5.69 Å². The number of anilines is 1. The first-order valence-corrected chi connectivity index (χ1v) is 6.51. The molecule has 1 fully saturated rings. The lowest BCUT2D eigenvalue weighted by Gasteiger charge is -2.28. The van der Waals surface area contributed by atoms with E-state index in [1.807, 2.05) is 18.2 Å². The number of benzene rings is 1. The molecule has 0 bridgehead atoms. The van der Waals surface area contributed by atoms with Crippen molar-refractivity contribution in [3.63, 3.8) is 0 Å². The maximum atomic E-state index is 8.90. The fourth-order valence-electron chi connectivity index (χ4n) is 2.68. The monoisotopic (exact) mass is 228 g/mol. The Morgan fingerprint density at radius 2 is 2.06 bits per heavy atom. The van der Waals surface area contributed by atoms with Crippen LogP contribution in [-0.4, -0.2) is 13.6 Å². The Kier molecular flexibility index (Phi) is 4.03. The van der Waals surface area contributed by atoms with Gasteiger partial charge in [0.1, 0.15) is 0 Å². The lowest BCUT2D eigenvalue weighted by molar-refractivity contribution is 0.362. The first kappa shape index (κ1) is 12.0. The van der Waals surface area contributed by atoms with Gasteiger partial charge in [0.15, 0.2) is 0 Å². The van der Waals surface area contributed by atoms with Crippen LogP contribution in [-0.2, 0) is 0 Å². The summed E-state index contributed by atoms with van der Waals surface area (Å²) in [4.78, 5) is 2.29. The van der Waals surface area contributed by atoms with Crippen LogP contribution in [0.1, 0.15) is 37.7 Å². The second kappa shape index (κ2) is 5.72. The second-order valence-corrected chi connectivity index (χ2v) is 5.05. The molecular formula is C15H20N2. The molecule has 0 aromatic heterocycles. The Hall–Kier alpha value is -1.49. The van der Waals surface area contributed by atoms with Crippen LogP contribution in [0.5, 0.6) is 0 Å². The third-order valence-electron chi connectivity index (χ3n) is 3.67. The van der Waals surface area contributed by atoms with Crippen molar-refractivity contribution in [2.75, 3.05) is 18.5 Å². The predicted molar refractivity (Wildman–Crippen MR) is 71.0 cm³/mol. The van der Waals surface area contributed by atoms with E-state index < -0.39 is 0 Å². The van der Waals surface area contributed by atoms with Gasteiger partial charge in [-0.1, -0.05) is 25.3 Å². The minimum Gasteiger partial charge on any atom is -0.374 e. The summed E-state index contributed by atoms with van der Waals surface area (Å²) < 4.78 is 0. The molecule has 0 aliphatic heterocycles. The van der Waals surface area contributed by atoms with Gasteiger partial charge in [0.05, 0.1) is 11.6 Å². The molecule has 1 aromatic carbocycles.